The highest BCUT2D eigenvalue weighted by molar-refractivity contribution is 6.32. The summed E-state index contributed by atoms with van der Waals surface area (Å²) in [5, 5.41) is 7.54. The molecule has 3 rings (SSSR count). The van der Waals surface area contributed by atoms with Crippen LogP contribution in [-0.4, -0.2) is 32.7 Å². The van der Waals surface area contributed by atoms with Crippen LogP contribution in [0.3, 0.4) is 0 Å². The zero-order valence-corrected chi connectivity index (χ0v) is 18.4. The fourth-order valence-corrected chi connectivity index (χ4v) is 3.21. The van der Waals surface area contributed by atoms with Gasteiger partial charge < -0.3 is 10.1 Å². The van der Waals surface area contributed by atoms with Gasteiger partial charge in [-0.25, -0.2) is 14.5 Å². The lowest BCUT2D eigenvalue weighted by molar-refractivity contribution is -0.148. The maximum absolute atomic E-state index is 12.2. The summed E-state index contributed by atoms with van der Waals surface area (Å²) in [6.45, 7) is 3.76. The number of aromatic nitrogens is 3. The Bertz CT molecular complexity index is 1110. The van der Waals surface area contributed by atoms with Crippen LogP contribution in [0.4, 0.5) is 5.69 Å². The molecule has 0 saturated carbocycles. The predicted molar refractivity (Wildman–Crippen MR) is 120 cm³/mol. The number of esters is 1. The van der Waals surface area contributed by atoms with E-state index in [1.165, 1.54) is 25.3 Å². The molecule has 2 heterocycles. The molecule has 2 aromatic heterocycles. The van der Waals surface area contributed by atoms with Crippen molar-refractivity contribution in [3.63, 3.8) is 0 Å². The van der Waals surface area contributed by atoms with Gasteiger partial charge in [0.15, 0.2) is 11.3 Å². The maximum atomic E-state index is 12.2. The van der Waals surface area contributed by atoms with Crippen molar-refractivity contribution in [1.29, 1.82) is 0 Å². The Morgan fingerprint density at radius 3 is 2.65 bits per heavy atom. The Morgan fingerprint density at radius 1 is 1.19 bits per heavy atom. The topological polar surface area (TPSA) is 86.1 Å². The van der Waals surface area contributed by atoms with Crippen LogP contribution in [0.5, 0.6) is 0 Å². The van der Waals surface area contributed by atoms with E-state index >= 15 is 0 Å². The molecule has 0 spiro atoms. The second-order valence-corrected chi connectivity index (χ2v) is 7.39. The van der Waals surface area contributed by atoms with E-state index in [-0.39, 0.29) is 5.15 Å². The maximum Gasteiger partial charge on any atom is 0.331 e. The number of rotatable bonds is 7. The van der Waals surface area contributed by atoms with Crippen molar-refractivity contribution in [3.05, 3.63) is 81.9 Å². The molecular weight excluding hydrogens is 439 g/mol. The monoisotopic (exact) mass is 458 g/mol. The average molecular weight is 459 g/mol. The third-order valence-corrected chi connectivity index (χ3v) is 5.05. The lowest BCUT2D eigenvalue weighted by Gasteiger charge is -2.12. The minimum Gasteiger partial charge on any atom is -0.449 e. The summed E-state index contributed by atoms with van der Waals surface area (Å²) in [4.78, 5) is 28.3. The van der Waals surface area contributed by atoms with Crippen LogP contribution in [0.15, 0.2) is 54.7 Å². The Morgan fingerprint density at radius 2 is 1.94 bits per heavy atom. The second kappa shape index (κ2) is 10.2. The molecule has 1 amide bonds. The first kappa shape index (κ1) is 22.5. The molecule has 1 aromatic carbocycles. The molecule has 160 valence electrons. The van der Waals surface area contributed by atoms with E-state index in [4.69, 9.17) is 27.9 Å². The number of aryl methyl sites for hydroxylation is 1. The number of nitrogens with one attached hydrogen (secondary N) is 1. The van der Waals surface area contributed by atoms with Gasteiger partial charge in [-0.05, 0) is 37.6 Å². The molecule has 9 heteroatoms. The van der Waals surface area contributed by atoms with Crippen molar-refractivity contribution in [2.75, 3.05) is 5.32 Å². The van der Waals surface area contributed by atoms with E-state index in [0.29, 0.717) is 28.6 Å². The van der Waals surface area contributed by atoms with E-state index < -0.39 is 18.0 Å². The number of benzene rings is 1. The van der Waals surface area contributed by atoms with Crippen molar-refractivity contribution in [3.8, 4) is 0 Å². The largest absolute Gasteiger partial charge is 0.449 e. The number of halogens is 2. The van der Waals surface area contributed by atoms with Crippen molar-refractivity contribution >= 4 is 46.8 Å². The standard InChI is InChI=1S/C22H20Cl2N4O3/c1-14-17(21(24)28(27-14)13-16-7-4-3-5-8-16)10-11-19(29)31-15(2)22(30)26-18-9-6-12-25-20(18)23/h3-12,15H,13H2,1-2H3,(H,26,30)/b11-10+. The fraction of sp³-hybridized carbons (Fsp3) is 0.182. The summed E-state index contributed by atoms with van der Waals surface area (Å²) in [5.41, 5.74) is 2.66. The normalized spacial score (nSPS) is 12.0. The SMILES string of the molecule is Cc1nn(Cc2ccccc2)c(Cl)c1/C=C/C(=O)OC(C)C(=O)Nc1cccnc1Cl. The van der Waals surface area contributed by atoms with Crippen molar-refractivity contribution < 1.29 is 14.3 Å². The van der Waals surface area contributed by atoms with Crippen LogP contribution in [0, 0.1) is 6.92 Å². The van der Waals surface area contributed by atoms with Crippen LogP contribution in [0.1, 0.15) is 23.7 Å². The Kier molecular flexibility index (Phi) is 7.44. The van der Waals surface area contributed by atoms with Crippen molar-refractivity contribution in [1.82, 2.24) is 14.8 Å². The van der Waals surface area contributed by atoms with E-state index in [0.717, 1.165) is 5.56 Å². The highest BCUT2D eigenvalue weighted by Crippen LogP contribution is 2.22. The molecule has 1 N–H and O–H groups in total. The summed E-state index contributed by atoms with van der Waals surface area (Å²) in [6, 6.07) is 13.0. The number of carbonyl (C=O) groups excluding carboxylic acids is 2. The summed E-state index contributed by atoms with van der Waals surface area (Å²) in [5.74, 6) is -1.22. The van der Waals surface area contributed by atoms with Gasteiger partial charge in [0.25, 0.3) is 5.91 Å². The van der Waals surface area contributed by atoms with Gasteiger partial charge in [0.05, 0.1) is 17.9 Å². The lowest BCUT2D eigenvalue weighted by Crippen LogP contribution is -2.29. The molecule has 0 aliphatic heterocycles. The first-order valence-corrected chi connectivity index (χ1v) is 10.2. The van der Waals surface area contributed by atoms with E-state index in [1.54, 1.807) is 23.7 Å². The minimum absolute atomic E-state index is 0.145. The molecule has 7 nitrogen and oxygen atoms in total. The Hall–Kier alpha value is -3.16. The van der Waals surface area contributed by atoms with Gasteiger partial charge in [-0.2, -0.15) is 5.10 Å². The number of ether oxygens (including phenoxy) is 1. The third kappa shape index (κ3) is 5.93. The van der Waals surface area contributed by atoms with E-state index in [1.807, 2.05) is 30.3 Å². The van der Waals surface area contributed by atoms with Crippen LogP contribution >= 0.6 is 23.2 Å². The second-order valence-electron chi connectivity index (χ2n) is 6.68. The summed E-state index contributed by atoms with van der Waals surface area (Å²) < 4.78 is 6.81. The zero-order valence-electron chi connectivity index (χ0n) is 16.9. The van der Waals surface area contributed by atoms with Gasteiger partial charge in [0.2, 0.25) is 0 Å². The molecule has 0 bridgehead atoms. The number of hydrogen-bond acceptors (Lipinski definition) is 5. The molecule has 0 aliphatic carbocycles. The van der Waals surface area contributed by atoms with Crippen molar-refractivity contribution in [2.45, 2.75) is 26.5 Å². The van der Waals surface area contributed by atoms with Gasteiger partial charge in [0, 0.05) is 17.8 Å². The first-order valence-electron chi connectivity index (χ1n) is 9.42. The molecule has 1 unspecified atom stereocenters. The number of amides is 1. The first-order chi connectivity index (χ1) is 14.8. The van der Waals surface area contributed by atoms with Crippen LogP contribution in [-0.2, 0) is 20.9 Å². The number of carbonyl (C=O) groups is 2. The molecular formula is C22H20Cl2N4O3. The molecule has 0 fully saturated rings. The lowest BCUT2D eigenvalue weighted by atomic mass is 10.2. The van der Waals surface area contributed by atoms with Crippen molar-refractivity contribution in [2.24, 2.45) is 0 Å². The highest BCUT2D eigenvalue weighted by atomic mass is 35.5. The van der Waals surface area contributed by atoms with E-state index in [2.05, 4.69) is 15.4 Å². The average Bonchev–Trinajstić information content (AvgIpc) is 3.01. The molecule has 31 heavy (non-hydrogen) atoms. The molecule has 0 radical (unpaired) electrons. The number of nitrogens with zero attached hydrogens (tertiary/aromatic N) is 3. The van der Waals surface area contributed by atoms with Gasteiger partial charge in [0.1, 0.15) is 5.15 Å². The molecule has 1 atom stereocenters. The number of hydrogen-bond donors (Lipinski definition) is 1. The summed E-state index contributed by atoms with van der Waals surface area (Å²) in [6.07, 6.45) is 3.20. The fourth-order valence-electron chi connectivity index (χ4n) is 2.75. The number of anilines is 1. The smallest absolute Gasteiger partial charge is 0.331 e. The van der Waals surface area contributed by atoms with Gasteiger partial charge in [-0.1, -0.05) is 53.5 Å². The van der Waals surface area contributed by atoms with Gasteiger partial charge in [-0.15, -0.1) is 0 Å². The van der Waals surface area contributed by atoms with Crippen LogP contribution in [0.25, 0.3) is 6.08 Å². The Balaban J connectivity index is 1.62. The molecule has 0 aliphatic rings. The molecule has 0 saturated heterocycles. The Labute approximate surface area is 189 Å². The van der Waals surface area contributed by atoms with E-state index in [9.17, 15) is 9.59 Å². The molecule has 3 aromatic rings. The third-order valence-electron chi connectivity index (χ3n) is 4.35. The van der Waals surface area contributed by atoms with Gasteiger partial charge in [-0.3, -0.25) is 4.79 Å². The highest BCUT2D eigenvalue weighted by Gasteiger charge is 2.18. The minimum atomic E-state index is -1.04. The van der Waals surface area contributed by atoms with Gasteiger partial charge >= 0.3 is 5.97 Å². The summed E-state index contributed by atoms with van der Waals surface area (Å²) in [7, 11) is 0. The zero-order chi connectivity index (χ0) is 22.4. The van der Waals surface area contributed by atoms with Crippen LogP contribution in [0.2, 0.25) is 10.3 Å². The number of pyridine rings is 1. The van der Waals surface area contributed by atoms with Crippen LogP contribution < -0.4 is 5.32 Å². The quantitative estimate of drug-likeness (QED) is 0.319. The summed E-state index contributed by atoms with van der Waals surface area (Å²) >= 11 is 12.4. The predicted octanol–water partition coefficient (Wildman–Crippen LogP) is 4.53.